The van der Waals surface area contributed by atoms with Crippen molar-refractivity contribution >= 4 is 11.9 Å². The Morgan fingerprint density at radius 1 is 1.12 bits per heavy atom. The van der Waals surface area contributed by atoms with Crippen LogP contribution in [0.15, 0.2) is 24.3 Å². The van der Waals surface area contributed by atoms with Crippen molar-refractivity contribution in [2.45, 2.75) is 25.4 Å². The molecule has 1 aliphatic carbocycles. The van der Waals surface area contributed by atoms with Gasteiger partial charge in [0.25, 0.3) is 0 Å². The van der Waals surface area contributed by atoms with Gasteiger partial charge in [-0.3, -0.25) is 4.90 Å². The number of hydrogen-bond donors (Lipinski definition) is 1. The standard InChI is InChI=1S/C17H23FN6/c1-23(2)17-21-14(20-16(19)22-17)10-24(3)15(11-4-5-11)12-6-8-13(18)9-7-12/h6-9,11,15H,4-5,10H2,1-3H3,(H2,19,20,21,22)/t15-/m1/s1. The predicted molar refractivity (Wildman–Crippen MR) is 91.9 cm³/mol. The van der Waals surface area contributed by atoms with E-state index in [2.05, 4.69) is 19.9 Å². The second-order valence-electron chi connectivity index (χ2n) is 6.55. The zero-order valence-electron chi connectivity index (χ0n) is 14.3. The highest BCUT2D eigenvalue weighted by Gasteiger charge is 2.35. The zero-order chi connectivity index (χ0) is 17.3. The van der Waals surface area contributed by atoms with E-state index < -0.39 is 0 Å². The molecule has 1 fully saturated rings. The summed E-state index contributed by atoms with van der Waals surface area (Å²) in [6.07, 6.45) is 2.38. The lowest BCUT2D eigenvalue weighted by molar-refractivity contribution is 0.207. The van der Waals surface area contributed by atoms with Crippen molar-refractivity contribution in [3.05, 3.63) is 41.5 Å². The Labute approximate surface area is 141 Å². The summed E-state index contributed by atoms with van der Waals surface area (Å²) >= 11 is 0. The molecule has 7 heteroatoms. The fraction of sp³-hybridized carbons (Fsp3) is 0.471. The third-order valence-electron chi connectivity index (χ3n) is 4.23. The average Bonchev–Trinajstić information content (AvgIpc) is 3.33. The fourth-order valence-electron chi connectivity index (χ4n) is 2.98. The molecule has 1 aromatic heterocycles. The van der Waals surface area contributed by atoms with Gasteiger partial charge < -0.3 is 10.6 Å². The van der Waals surface area contributed by atoms with Crippen molar-refractivity contribution in [3.63, 3.8) is 0 Å². The van der Waals surface area contributed by atoms with Gasteiger partial charge in [0.1, 0.15) is 11.6 Å². The Morgan fingerprint density at radius 3 is 2.38 bits per heavy atom. The number of nitrogen functional groups attached to an aromatic ring is 1. The van der Waals surface area contributed by atoms with Crippen LogP contribution in [0, 0.1) is 11.7 Å². The quantitative estimate of drug-likeness (QED) is 0.876. The van der Waals surface area contributed by atoms with Crippen LogP contribution < -0.4 is 10.6 Å². The molecule has 0 spiro atoms. The molecule has 2 N–H and O–H groups in total. The summed E-state index contributed by atoms with van der Waals surface area (Å²) in [5, 5.41) is 0. The van der Waals surface area contributed by atoms with Gasteiger partial charge in [0.05, 0.1) is 6.54 Å². The van der Waals surface area contributed by atoms with E-state index in [-0.39, 0.29) is 17.8 Å². The molecule has 0 radical (unpaired) electrons. The van der Waals surface area contributed by atoms with Crippen LogP contribution in [0.3, 0.4) is 0 Å². The number of halogens is 1. The van der Waals surface area contributed by atoms with Gasteiger partial charge in [-0.1, -0.05) is 12.1 Å². The third kappa shape index (κ3) is 3.79. The first-order valence-electron chi connectivity index (χ1n) is 8.07. The van der Waals surface area contributed by atoms with Crippen molar-refractivity contribution in [3.8, 4) is 0 Å². The lowest BCUT2D eigenvalue weighted by Gasteiger charge is -2.28. The van der Waals surface area contributed by atoms with Gasteiger partial charge in [-0.2, -0.15) is 15.0 Å². The van der Waals surface area contributed by atoms with Crippen LogP contribution in [0.4, 0.5) is 16.3 Å². The molecule has 6 nitrogen and oxygen atoms in total. The fourth-order valence-corrected chi connectivity index (χ4v) is 2.98. The Kier molecular flexibility index (Phi) is 4.62. The Bertz CT molecular complexity index is 699. The Hall–Kier alpha value is -2.28. The monoisotopic (exact) mass is 330 g/mol. The molecule has 1 aromatic carbocycles. The van der Waals surface area contributed by atoms with E-state index in [1.807, 2.05) is 33.3 Å². The van der Waals surface area contributed by atoms with Crippen molar-refractivity contribution in [2.24, 2.45) is 5.92 Å². The summed E-state index contributed by atoms with van der Waals surface area (Å²) < 4.78 is 13.2. The highest BCUT2D eigenvalue weighted by Crippen LogP contribution is 2.44. The highest BCUT2D eigenvalue weighted by atomic mass is 19.1. The predicted octanol–water partition coefficient (Wildman–Crippen LogP) is 2.24. The summed E-state index contributed by atoms with van der Waals surface area (Å²) in [5.41, 5.74) is 6.92. The first kappa shape index (κ1) is 16.6. The maximum Gasteiger partial charge on any atom is 0.229 e. The molecule has 0 saturated heterocycles. The second-order valence-corrected chi connectivity index (χ2v) is 6.55. The van der Waals surface area contributed by atoms with E-state index in [0.29, 0.717) is 24.2 Å². The van der Waals surface area contributed by atoms with Gasteiger partial charge >= 0.3 is 0 Å². The van der Waals surface area contributed by atoms with Crippen LogP contribution in [-0.2, 0) is 6.54 Å². The Morgan fingerprint density at radius 2 is 1.79 bits per heavy atom. The molecule has 0 bridgehead atoms. The largest absolute Gasteiger partial charge is 0.368 e. The molecule has 1 atom stereocenters. The van der Waals surface area contributed by atoms with E-state index in [0.717, 1.165) is 5.56 Å². The molecule has 1 heterocycles. The summed E-state index contributed by atoms with van der Waals surface area (Å²) in [4.78, 5) is 16.9. The van der Waals surface area contributed by atoms with E-state index in [9.17, 15) is 4.39 Å². The zero-order valence-corrected chi connectivity index (χ0v) is 14.3. The lowest BCUT2D eigenvalue weighted by atomic mass is 10.0. The number of anilines is 2. The van der Waals surface area contributed by atoms with Crippen LogP contribution in [0.2, 0.25) is 0 Å². The molecular weight excluding hydrogens is 307 g/mol. The highest BCUT2D eigenvalue weighted by molar-refractivity contribution is 5.32. The number of benzene rings is 1. The summed E-state index contributed by atoms with van der Waals surface area (Å²) in [6, 6.07) is 6.99. The van der Waals surface area contributed by atoms with E-state index in [4.69, 9.17) is 5.73 Å². The molecule has 0 aliphatic heterocycles. The van der Waals surface area contributed by atoms with Gasteiger partial charge in [-0.15, -0.1) is 0 Å². The average molecular weight is 330 g/mol. The van der Waals surface area contributed by atoms with Crippen LogP contribution >= 0.6 is 0 Å². The van der Waals surface area contributed by atoms with Gasteiger partial charge in [0, 0.05) is 20.1 Å². The molecular formula is C17H23FN6. The third-order valence-corrected chi connectivity index (χ3v) is 4.23. The number of rotatable bonds is 6. The number of nitrogens with zero attached hydrogens (tertiary/aromatic N) is 5. The minimum atomic E-state index is -0.211. The van der Waals surface area contributed by atoms with Gasteiger partial charge in [0.15, 0.2) is 0 Å². The van der Waals surface area contributed by atoms with Crippen molar-refractivity contribution in [1.29, 1.82) is 0 Å². The van der Waals surface area contributed by atoms with Crippen LogP contribution in [0.1, 0.15) is 30.3 Å². The first-order valence-corrected chi connectivity index (χ1v) is 8.07. The van der Waals surface area contributed by atoms with Crippen LogP contribution in [-0.4, -0.2) is 41.0 Å². The molecule has 24 heavy (non-hydrogen) atoms. The molecule has 1 saturated carbocycles. The molecule has 2 aromatic rings. The molecule has 3 rings (SSSR count). The molecule has 1 aliphatic rings. The van der Waals surface area contributed by atoms with Gasteiger partial charge in [-0.25, -0.2) is 4.39 Å². The molecule has 0 amide bonds. The molecule has 0 unspecified atom stereocenters. The lowest BCUT2D eigenvalue weighted by Crippen LogP contribution is -2.27. The maximum atomic E-state index is 13.2. The second kappa shape index (κ2) is 6.68. The van der Waals surface area contributed by atoms with Crippen molar-refractivity contribution in [2.75, 3.05) is 31.8 Å². The molecule has 128 valence electrons. The Balaban J connectivity index is 1.81. The van der Waals surface area contributed by atoms with Crippen molar-refractivity contribution < 1.29 is 4.39 Å². The topological polar surface area (TPSA) is 71.2 Å². The van der Waals surface area contributed by atoms with E-state index in [1.54, 1.807) is 4.90 Å². The minimum Gasteiger partial charge on any atom is -0.368 e. The van der Waals surface area contributed by atoms with E-state index >= 15 is 0 Å². The number of hydrogen-bond acceptors (Lipinski definition) is 6. The van der Waals surface area contributed by atoms with Crippen LogP contribution in [0.5, 0.6) is 0 Å². The summed E-state index contributed by atoms with van der Waals surface area (Å²) in [6.45, 7) is 0.562. The SMILES string of the molecule is CN(C)c1nc(N)nc(CN(C)[C@@H](c2ccc(F)cc2)C2CC2)n1. The minimum absolute atomic E-state index is 0.211. The normalized spacial score (nSPS) is 15.5. The number of aromatic nitrogens is 3. The van der Waals surface area contributed by atoms with E-state index in [1.165, 1.54) is 25.0 Å². The summed E-state index contributed by atoms with van der Waals surface area (Å²) in [7, 11) is 5.78. The smallest absolute Gasteiger partial charge is 0.229 e. The van der Waals surface area contributed by atoms with Crippen molar-refractivity contribution in [1.82, 2.24) is 19.9 Å². The number of nitrogens with two attached hydrogens (primary N) is 1. The maximum absolute atomic E-state index is 13.2. The van der Waals surface area contributed by atoms with Gasteiger partial charge in [0.2, 0.25) is 11.9 Å². The van der Waals surface area contributed by atoms with Gasteiger partial charge in [-0.05, 0) is 43.5 Å². The summed E-state index contributed by atoms with van der Waals surface area (Å²) in [5.74, 6) is 1.80. The van der Waals surface area contributed by atoms with Crippen LogP contribution in [0.25, 0.3) is 0 Å². The first-order chi connectivity index (χ1) is 11.4.